The first-order valence-corrected chi connectivity index (χ1v) is 9.97. The molecule has 0 bridgehead atoms. The quantitative estimate of drug-likeness (QED) is 0.628. The first kappa shape index (κ1) is 20.1. The average Bonchev–Trinajstić information content (AvgIpc) is 2.75. The molecule has 8 heteroatoms. The Labute approximate surface area is 175 Å². The molecule has 30 heavy (non-hydrogen) atoms. The molecule has 1 aromatic carbocycles. The second-order valence-electron chi connectivity index (χ2n) is 7.50. The van der Waals surface area contributed by atoms with E-state index in [1.54, 1.807) is 11.6 Å². The Kier molecular flexibility index (Phi) is 5.78. The zero-order valence-electron chi connectivity index (χ0n) is 17.3. The van der Waals surface area contributed by atoms with Crippen LogP contribution in [0.5, 0.6) is 0 Å². The van der Waals surface area contributed by atoms with Crippen LogP contribution in [0.2, 0.25) is 0 Å². The third kappa shape index (κ3) is 4.34. The van der Waals surface area contributed by atoms with Gasteiger partial charge >= 0.3 is 0 Å². The highest BCUT2D eigenvalue weighted by molar-refractivity contribution is 5.75. The Balaban J connectivity index is 1.56. The number of pyridine rings is 1. The Morgan fingerprint density at radius 3 is 2.70 bits per heavy atom. The summed E-state index contributed by atoms with van der Waals surface area (Å²) in [5.74, 6) is 0.527. The molecule has 1 aliphatic rings. The van der Waals surface area contributed by atoms with Gasteiger partial charge in [-0.25, -0.2) is 0 Å². The van der Waals surface area contributed by atoms with Crippen molar-refractivity contribution < 1.29 is 4.74 Å². The van der Waals surface area contributed by atoms with Crippen molar-refractivity contribution in [1.82, 2.24) is 19.7 Å². The summed E-state index contributed by atoms with van der Waals surface area (Å²) in [6, 6.07) is 11.4. The summed E-state index contributed by atoms with van der Waals surface area (Å²) in [6.45, 7) is 6.00. The Morgan fingerprint density at radius 1 is 1.17 bits per heavy atom. The molecule has 0 atom stereocenters. The molecule has 0 saturated carbocycles. The minimum atomic E-state index is -0.139. The lowest BCUT2D eigenvalue weighted by Crippen LogP contribution is -2.35. The van der Waals surface area contributed by atoms with E-state index >= 15 is 0 Å². The highest BCUT2D eigenvalue weighted by Crippen LogP contribution is 2.28. The van der Waals surface area contributed by atoms with Crippen LogP contribution in [-0.4, -0.2) is 46.0 Å². The van der Waals surface area contributed by atoms with Crippen molar-refractivity contribution in [2.24, 2.45) is 7.05 Å². The number of hydrogen-bond acceptors (Lipinski definition) is 7. The number of ether oxygens (including phenoxy) is 1. The second kappa shape index (κ2) is 8.64. The third-order valence-electron chi connectivity index (χ3n) is 5.34. The molecule has 2 aromatic heterocycles. The van der Waals surface area contributed by atoms with Gasteiger partial charge in [0.2, 0.25) is 0 Å². The van der Waals surface area contributed by atoms with Gasteiger partial charge in [-0.05, 0) is 42.3 Å². The highest BCUT2D eigenvalue weighted by atomic mass is 16.5. The number of nitrogens with zero attached hydrogens (tertiary/aromatic N) is 4. The van der Waals surface area contributed by atoms with Gasteiger partial charge in [0.05, 0.1) is 18.9 Å². The van der Waals surface area contributed by atoms with Crippen molar-refractivity contribution in [2.45, 2.75) is 13.5 Å². The van der Waals surface area contributed by atoms with Gasteiger partial charge in [0, 0.05) is 44.1 Å². The van der Waals surface area contributed by atoms with E-state index in [1.165, 1.54) is 0 Å². The van der Waals surface area contributed by atoms with E-state index in [0.717, 1.165) is 60.9 Å². The minimum absolute atomic E-state index is 0.139. The molecule has 8 nitrogen and oxygen atoms in total. The zero-order valence-corrected chi connectivity index (χ0v) is 17.3. The summed E-state index contributed by atoms with van der Waals surface area (Å²) in [4.78, 5) is 14.9. The Morgan fingerprint density at radius 2 is 1.97 bits per heavy atom. The number of nitrogen functional groups attached to an aromatic ring is 1. The molecule has 0 unspecified atom stereocenters. The summed E-state index contributed by atoms with van der Waals surface area (Å²) in [6.07, 6.45) is 1.81. The molecule has 0 amide bonds. The average molecular weight is 406 g/mol. The summed E-state index contributed by atoms with van der Waals surface area (Å²) >= 11 is 0. The van der Waals surface area contributed by atoms with E-state index in [0.29, 0.717) is 11.5 Å². The Hall–Kier alpha value is -3.23. The fraction of sp³-hybridized carbons (Fsp3) is 0.318. The van der Waals surface area contributed by atoms with Gasteiger partial charge in [0.1, 0.15) is 5.69 Å². The van der Waals surface area contributed by atoms with Gasteiger partial charge in [0.15, 0.2) is 5.82 Å². The number of aryl methyl sites for hydroxylation is 1. The van der Waals surface area contributed by atoms with E-state index in [2.05, 4.69) is 20.4 Å². The van der Waals surface area contributed by atoms with Crippen LogP contribution < -0.4 is 16.6 Å². The molecular formula is C22H26N6O2. The van der Waals surface area contributed by atoms with Gasteiger partial charge in [0.25, 0.3) is 5.56 Å². The van der Waals surface area contributed by atoms with Crippen LogP contribution in [0, 0.1) is 6.92 Å². The third-order valence-corrected chi connectivity index (χ3v) is 5.34. The van der Waals surface area contributed by atoms with Crippen molar-refractivity contribution in [2.75, 3.05) is 37.4 Å². The largest absolute Gasteiger partial charge is 0.398 e. The van der Waals surface area contributed by atoms with Crippen LogP contribution in [0.25, 0.3) is 11.1 Å². The molecule has 0 aliphatic carbocycles. The van der Waals surface area contributed by atoms with Gasteiger partial charge in [-0.1, -0.05) is 12.1 Å². The predicted molar refractivity (Wildman–Crippen MR) is 118 cm³/mol. The number of anilines is 3. The van der Waals surface area contributed by atoms with Crippen molar-refractivity contribution in [3.05, 3.63) is 64.2 Å². The second-order valence-corrected chi connectivity index (χ2v) is 7.50. The lowest BCUT2D eigenvalue weighted by molar-refractivity contribution is 0.0335. The zero-order chi connectivity index (χ0) is 21.1. The van der Waals surface area contributed by atoms with Crippen molar-refractivity contribution in [3.8, 4) is 11.1 Å². The summed E-state index contributed by atoms with van der Waals surface area (Å²) < 4.78 is 6.93. The molecule has 3 aromatic rings. The topological polar surface area (TPSA) is 98.3 Å². The van der Waals surface area contributed by atoms with Crippen molar-refractivity contribution >= 4 is 17.2 Å². The van der Waals surface area contributed by atoms with Crippen LogP contribution in [-0.2, 0) is 18.3 Å². The summed E-state index contributed by atoms with van der Waals surface area (Å²) in [5, 5.41) is 11.7. The summed E-state index contributed by atoms with van der Waals surface area (Å²) in [7, 11) is 1.73. The smallest absolute Gasteiger partial charge is 0.274 e. The van der Waals surface area contributed by atoms with E-state index in [1.807, 2.05) is 49.5 Å². The number of nitrogens with two attached hydrogens (primary N) is 1. The van der Waals surface area contributed by atoms with Crippen LogP contribution >= 0.6 is 0 Å². The highest BCUT2D eigenvalue weighted by Gasteiger charge is 2.13. The lowest BCUT2D eigenvalue weighted by Gasteiger charge is -2.25. The number of rotatable bonds is 5. The first-order chi connectivity index (χ1) is 14.5. The molecule has 1 aliphatic heterocycles. The van der Waals surface area contributed by atoms with Crippen LogP contribution in [0.3, 0.4) is 0 Å². The normalized spacial score (nSPS) is 14.6. The Bertz CT molecular complexity index is 1090. The standard InChI is InChI=1S/C22H26N6O2/c1-15-18(4-3-5-19(15)23)16-12-20(22(29)27(2)13-16)24-21-7-6-17(25-26-21)14-28-8-10-30-11-9-28/h3-7,12-13H,8-11,14,23H2,1-2H3,(H,24,26). The maximum atomic E-state index is 12.6. The van der Waals surface area contributed by atoms with Gasteiger partial charge < -0.3 is 20.4 Å². The number of nitrogens with one attached hydrogen (secondary N) is 1. The minimum Gasteiger partial charge on any atom is -0.398 e. The van der Waals surface area contributed by atoms with E-state index < -0.39 is 0 Å². The molecule has 156 valence electrons. The predicted octanol–water partition coefficient (Wildman–Crippen LogP) is 2.31. The SMILES string of the molecule is Cc1c(N)cccc1-c1cc(Nc2ccc(CN3CCOCC3)nn2)c(=O)n(C)c1. The maximum absolute atomic E-state index is 12.6. The molecule has 3 N–H and O–H groups in total. The van der Waals surface area contributed by atoms with Gasteiger partial charge in [-0.2, -0.15) is 5.10 Å². The van der Waals surface area contributed by atoms with Crippen LogP contribution in [0.1, 0.15) is 11.3 Å². The monoisotopic (exact) mass is 406 g/mol. The molecule has 0 spiro atoms. The fourth-order valence-corrected chi connectivity index (χ4v) is 3.55. The van der Waals surface area contributed by atoms with Crippen molar-refractivity contribution in [1.29, 1.82) is 0 Å². The maximum Gasteiger partial charge on any atom is 0.274 e. The first-order valence-electron chi connectivity index (χ1n) is 9.97. The number of morpholine rings is 1. The van der Waals surface area contributed by atoms with Crippen LogP contribution in [0.15, 0.2) is 47.4 Å². The molecule has 1 fully saturated rings. The fourth-order valence-electron chi connectivity index (χ4n) is 3.55. The van der Waals surface area contributed by atoms with E-state index in [9.17, 15) is 4.79 Å². The molecule has 1 saturated heterocycles. The lowest BCUT2D eigenvalue weighted by atomic mass is 10.0. The molecule has 0 radical (unpaired) electrons. The number of benzene rings is 1. The van der Waals surface area contributed by atoms with Gasteiger partial charge in [-0.3, -0.25) is 9.69 Å². The molecule has 4 rings (SSSR count). The number of aromatic nitrogens is 3. The van der Waals surface area contributed by atoms with E-state index in [-0.39, 0.29) is 5.56 Å². The van der Waals surface area contributed by atoms with Crippen molar-refractivity contribution in [3.63, 3.8) is 0 Å². The molecular weight excluding hydrogens is 380 g/mol. The number of hydrogen-bond donors (Lipinski definition) is 2. The van der Waals surface area contributed by atoms with Gasteiger partial charge in [-0.15, -0.1) is 5.10 Å². The summed E-state index contributed by atoms with van der Waals surface area (Å²) in [5.41, 5.74) is 10.8. The van der Waals surface area contributed by atoms with Crippen LogP contribution in [0.4, 0.5) is 17.2 Å². The molecule has 3 heterocycles. The van der Waals surface area contributed by atoms with E-state index in [4.69, 9.17) is 10.5 Å².